The van der Waals surface area contributed by atoms with Gasteiger partial charge >= 0.3 is 12.6 Å². The molecule has 1 unspecified atom stereocenters. The van der Waals surface area contributed by atoms with Crippen LogP contribution in [0.2, 0.25) is 0 Å². The number of alkyl halides is 15. The predicted molar refractivity (Wildman–Crippen MR) is 102 cm³/mol. The summed E-state index contributed by atoms with van der Waals surface area (Å²) in [6, 6.07) is 10.4. The van der Waals surface area contributed by atoms with Crippen LogP contribution in [0.25, 0.3) is 0 Å². The maximum Gasteiger partial charge on any atom is 0.559 e. The molecule has 0 saturated carbocycles. The van der Waals surface area contributed by atoms with Crippen molar-refractivity contribution in [3.05, 3.63) is 35.9 Å². The molecule has 1 aromatic rings. The van der Waals surface area contributed by atoms with Crippen molar-refractivity contribution in [3.8, 4) is 0 Å². The SMILES string of the molecule is CCC(CCCC(F)(F)F)c1cc[c-]cc1.CF.FC(F)(F)F.FCF.FCF.FCF.FCOF.[Y]. The third-order valence-corrected chi connectivity index (χ3v) is 2.76. The van der Waals surface area contributed by atoms with Gasteiger partial charge in [-0.05, 0) is 23.3 Å². The molecule has 1 aromatic carbocycles. The average molecular weight is 664 g/mol. The second kappa shape index (κ2) is 42.3. The van der Waals surface area contributed by atoms with Gasteiger partial charge in [-0.15, -0.1) is 17.6 Å². The molecule has 0 bridgehead atoms. The number of hydrogen-bond acceptors (Lipinski definition) is 1. The first-order valence-corrected chi connectivity index (χ1v) is 9.00. The Kier molecular flexibility index (Phi) is 60.0. The van der Waals surface area contributed by atoms with Gasteiger partial charge in [0, 0.05) is 39.1 Å². The zero-order valence-corrected chi connectivity index (χ0v) is 22.4. The van der Waals surface area contributed by atoms with Crippen molar-refractivity contribution in [1.29, 1.82) is 0 Å². The van der Waals surface area contributed by atoms with Crippen LogP contribution in [0.1, 0.15) is 44.1 Å². The summed E-state index contributed by atoms with van der Waals surface area (Å²) in [5.74, 6) is 0.233. The van der Waals surface area contributed by atoms with E-state index in [1.807, 2.05) is 31.2 Å². The van der Waals surface area contributed by atoms with E-state index in [9.17, 15) is 70.4 Å². The van der Waals surface area contributed by atoms with E-state index in [4.69, 9.17) is 0 Å². The fraction of sp³-hybridized carbons (Fsp3) is 0.684. The Morgan fingerprint density at radius 1 is 0.784 bits per heavy atom. The van der Waals surface area contributed by atoms with Gasteiger partial charge < -0.3 is 0 Å². The van der Waals surface area contributed by atoms with Crippen LogP contribution in [0, 0.1) is 6.07 Å². The van der Waals surface area contributed by atoms with E-state index in [0.29, 0.717) is 13.6 Å². The van der Waals surface area contributed by atoms with Crippen LogP contribution in [-0.2, 0) is 37.7 Å². The maximum absolute atomic E-state index is 12.0. The molecule has 0 aliphatic carbocycles. The summed E-state index contributed by atoms with van der Waals surface area (Å²) in [6.45, 7) is -4.59. The van der Waals surface area contributed by atoms with Crippen molar-refractivity contribution in [2.45, 2.75) is 51.1 Å². The summed E-state index contributed by atoms with van der Waals surface area (Å²) in [5.41, 5.74) is 1.11. The monoisotopic (exact) mass is 664 g/mol. The Morgan fingerprint density at radius 2 is 1.08 bits per heavy atom. The molecule has 1 nitrogen and oxygen atoms in total. The standard InChI is InChI=1S/C13H16F3.CF4.CH2F2O.3CH2F2.CH3F.Y/c1-2-11(9-6-10-13(14,15)16)12-7-4-3-5-8-12;2-1(3,4)5;2-1-4-3;3*2-1-3;1-2;/h4-5,7-8,11H,2,6,9-10H2,1H3;;1H2;3*1H2;1H3;/q-1;;;;;;;. The van der Waals surface area contributed by atoms with Gasteiger partial charge in [0.1, 0.15) is 0 Å². The summed E-state index contributed by atoms with van der Waals surface area (Å²) in [7, 11) is 0.500. The Balaban J connectivity index is -0.0000000710. The molecule has 0 aromatic heterocycles. The van der Waals surface area contributed by atoms with Gasteiger partial charge in [0.2, 0.25) is 27.6 Å². The zero-order valence-electron chi connectivity index (χ0n) is 19.6. The first-order valence-electron chi connectivity index (χ1n) is 9.00. The minimum atomic E-state index is -5.50. The molecular weight excluding hydrogens is 637 g/mol. The molecule has 37 heavy (non-hydrogen) atoms. The van der Waals surface area contributed by atoms with Crippen LogP contribution in [0.5, 0.6) is 0 Å². The molecule has 0 fully saturated rings. The summed E-state index contributed by atoms with van der Waals surface area (Å²) in [5, 5.41) is 0. The molecule has 0 N–H and O–H groups in total. The quantitative estimate of drug-likeness (QED) is 0.217. The first-order chi connectivity index (χ1) is 16.7. The van der Waals surface area contributed by atoms with Gasteiger partial charge in [-0.3, -0.25) is 4.39 Å². The van der Waals surface area contributed by atoms with E-state index < -0.39 is 46.7 Å². The van der Waals surface area contributed by atoms with Crippen molar-refractivity contribution in [3.63, 3.8) is 0 Å². The van der Waals surface area contributed by atoms with E-state index >= 15 is 0 Å². The molecule has 0 aliphatic rings. The molecule has 1 rings (SSSR count). The van der Waals surface area contributed by atoms with Crippen molar-refractivity contribution in [2.75, 3.05) is 34.8 Å². The second-order valence-electron chi connectivity index (χ2n) is 4.90. The molecule has 18 heteroatoms. The smallest absolute Gasteiger partial charge is 0.255 e. The van der Waals surface area contributed by atoms with Crippen LogP contribution in [0.4, 0.5) is 70.4 Å². The molecule has 0 spiro atoms. The van der Waals surface area contributed by atoms with Crippen LogP contribution in [-0.4, -0.2) is 47.4 Å². The third-order valence-electron chi connectivity index (χ3n) is 2.76. The molecule has 0 amide bonds. The van der Waals surface area contributed by atoms with E-state index in [-0.39, 0.29) is 45.0 Å². The maximum atomic E-state index is 12.0. The van der Waals surface area contributed by atoms with Crippen molar-refractivity contribution >= 4 is 0 Å². The Hall–Kier alpha value is -0.836. The van der Waals surface area contributed by atoms with Crippen LogP contribution in [0.3, 0.4) is 0 Å². The molecular formula is C19H27F16OY-. The van der Waals surface area contributed by atoms with Crippen LogP contribution in [0.15, 0.2) is 24.3 Å². The van der Waals surface area contributed by atoms with Gasteiger partial charge in [-0.1, -0.05) is 13.3 Å². The van der Waals surface area contributed by atoms with E-state index in [1.165, 1.54) is 0 Å². The number of benzene rings is 1. The van der Waals surface area contributed by atoms with Gasteiger partial charge in [-0.25, -0.2) is 30.7 Å². The topological polar surface area (TPSA) is 9.23 Å². The Morgan fingerprint density at radius 3 is 1.30 bits per heavy atom. The van der Waals surface area contributed by atoms with Gasteiger partial charge in [0.15, 0.2) is 0 Å². The molecule has 0 heterocycles. The summed E-state index contributed by atoms with van der Waals surface area (Å²) < 4.78 is 162. The summed E-state index contributed by atoms with van der Waals surface area (Å²) in [4.78, 5) is 2.38. The van der Waals surface area contributed by atoms with E-state index in [1.54, 1.807) is 0 Å². The largest absolute Gasteiger partial charge is 0.559 e. The second-order valence-corrected chi connectivity index (χ2v) is 4.90. The molecule has 0 aliphatic heterocycles. The first kappa shape index (κ1) is 52.6. The minimum Gasteiger partial charge on any atom is -0.255 e. The number of rotatable bonds is 6. The average Bonchev–Trinajstić information content (AvgIpc) is 2.79. The van der Waals surface area contributed by atoms with Crippen molar-refractivity contribution in [1.82, 2.24) is 0 Å². The molecule has 1 radical (unpaired) electrons. The predicted octanol–water partition coefficient (Wildman–Crippen LogP) is 10.2. The van der Waals surface area contributed by atoms with Gasteiger partial charge in [0.05, 0.1) is 7.18 Å². The Bertz CT molecular complexity index is 451. The third kappa shape index (κ3) is 86.3. The zero-order chi connectivity index (χ0) is 30.1. The molecule has 225 valence electrons. The number of halogens is 16. The summed E-state index contributed by atoms with van der Waals surface area (Å²) >= 11 is 0. The summed E-state index contributed by atoms with van der Waals surface area (Å²) in [6.07, 6.45) is -8.52. The van der Waals surface area contributed by atoms with E-state index in [0.717, 1.165) is 12.0 Å². The van der Waals surface area contributed by atoms with Crippen molar-refractivity contribution < 1.29 is 108 Å². The van der Waals surface area contributed by atoms with Gasteiger partial charge in [-0.2, -0.15) is 54.0 Å². The number of hydrogen-bond donors (Lipinski definition) is 0. The van der Waals surface area contributed by atoms with Gasteiger partial charge in [0.25, 0.3) is 0 Å². The molecule has 0 saturated heterocycles. The Labute approximate surface area is 229 Å². The van der Waals surface area contributed by atoms with Crippen LogP contribution >= 0.6 is 0 Å². The normalized spacial score (nSPS) is 10.0. The van der Waals surface area contributed by atoms with Crippen molar-refractivity contribution in [2.24, 2.45) is 0 Å². The minimum absolute atomic E-state index is 0. The fourth-order valence-corrected chi connectivity index (χ4v) is 1.83. The van der Waals surface area contributed by atoms with Crippen LogP contribution < -0.4 is 0 Å². The van der Waals surface area contributed by atoms with E-state index in [2.05, 4.69) is 11.0 Å². The fourth-order valence-electron chi connectivity index (χ4n) is 1.83. The molecule has 1 atom stereocenters.